The molecule has 0 saturated carbocycles. The molecule has 26 heavy (non-hydrogen) atoms. The van der Waals surface area contributed by atoms with Crippen LogP contribution in [0.5, 0.6) is 0 Å². The van der Waals surface area contributed by atoms with Crippen molar-refractivity contribution in [2.24, 2.45) is 0 Å². The van der Waals surface area contributed by atoms with Crippen molar-refractivity contribution in [2.75, 3.05) is 5.32 Å². The minimum absolute atomic E-state index is 0.786. The van der Waals surface area contributed by atoms with E-state index in [0.29, 0.717) is 0 Å². The highest BCUT2D eigenvalue weighted by molar-refractivity contribution is 6.01. The van der Waals surface area contributed by atoms with E-state index in [1.165, 1.54) is 16.7 Å². The largest absolute Gasteiger partial charge is 0.338 e. The smallest absolute Gasteiger partial charge is 0.161 e. The Kier molecular flexibility index (Phi) is 4.13. The van der Waals surface area contributed by atoms with Gasteiger partial charge >= 0.3 is 0 Å². The molecule has 0 spiro atoms. The Morgan fingerprint density at radius 3 is 2.23 bits per heavy atom. The van der Waals surface area contributed by atoms with Crippen molar-refractivity contribution < 1.29 is 0 Å². The van der Waals surface area contributed by atoms with Crippen LogP contribution in [-0.4, -0.2) is 10.2 Å². The van der Waals surface area contributed by atoms with Crippen molar-refractivity contribution in [3.05, 3.63) is 83.4 Å². The van der Waals surface area contributed by atoms with Crippen LogP contribution in [0.25, 0.3) is 22.0 Å². The first-order chi connectivity index (χ1) is 12.6. The van der Waals surface area contributed by atoms with Crippen LogP contribution in [0.2, 0.25) is 0 Å². The van der Waals surface area contributed by atoms with E-state index in [1.807, 2.05) is 18.2 Å². The molecule has 4 rings (SSSR count). The Balaban J connectivity index is 1.89. The Bertz CT molecular complexity index is 1090. The molecule has 3 aromatic carbocycles. The van der Waals surface area contributed by atoms with Crippen LogP contribution in [0.15, 0.2) is 66.7 Å². The highest BCUT2D eigenvalue weighted by Gasteiger charge is 2.12. The van der Waals surface area contributed by atoms with E-state index in [2.05, 4.69) is 84.8 Å². The monoisotopic (exact) mass is 339 g/mol. The summed E-state index contributed by atoms with van der Waals surface area (Å²) in [6.45, 7) is 6.29. The first-order valence-corrected chi connectivity index (χ1v) is 8.78. The van der Waals surface area contributed by atoms with E-state index in [4.69, 9.17) is 0 Å². The summed E-state index contributed by atoms with van der Waals surface area (Å²) in [5.41, 5.74) is 6.66. The summed E-state index contributed by atoms with van der Waals surface area (Å²) in [4.78, 5) is 0. The zero-order chi connectivity index (χ0) is 18.1. The summed E-state index contributed by atoms with van der Waals surface area (Å²) in [6.07, 6.45) is 0. The number of nitrogens with one attached hydrogen (secondary N) is 1. The number of hydrogen-bond acceptors (Lipinski definition) is 3. The van der Waals surface area contributed by atoms with Crippen molar-refractivity contribution in [1.29, 1.82) is 0 Å². The van der Waals surface area contributed by atoms with Crippen molar-refractivity contribution in [3.63, 3.8) is 0 Å². The lowest BCUT2D eigenvalue weighted by Gasteiger charge is -2.14. The van der Waals surface area contributed by atoms with Gasteiger partial charge in [-0.25, -0.2) is 0 Å². The summed E-state index contributed by atoms with van der Waals surface area (Å²) in [7, 11) is 0. The summed E-state index contributed by atoms with van der Waals surface area (Å²) in [5, 5.41) is 14.7. The van der Waals surface area contributed by atoms with Gasteiger partial charge in [0.15, 0.2) is 5.82 Å². The van der Waals surface area contributed by atoms with Gasteiger partial charge in [-0.15, -0.1) is 10.2 Å². The first-order valence-electron chi connectivity index (χ1n) is 8.78. The second-order valence-electron chi connectivity index (χ2n) is 6.76. The highest BCUT2D eigenvalue weighted by atomic mass is 15.2. The number of aryl methyl sites for hydroxylation is 3. The minimum Gasteiger partial charge on any atom is -0.338 e. The summed E-state index contributed by atoms with van der Waals surface area (Å²) in [5.74, 6) is 0.786. The van der Waals surface area contributed by atoms with Crippen molar-refractivity contribution in [3.8, 4) is 11.3 Å². The van der Waals surface area contributed by atoms with Gasteiger partial charge in [-0.2, -0.15) is 0 Å². The molecule has 0 bridgehead atoms. The van der Waals surface area contributed by atoms with E-state index in [1.54, 1.807) is 0 Å². The summed E-state index contributed by atoms with van der Waals surface area (Å²) >= 11 is 0. The fourth-order valence-corrected chi connectivity index (χ4v) is 3.17. The van der Waals surface area contributed by atoms with Crippen LogP contribution < -0.4 is 5.32 Å². The van der Waals surface area contributed by atoms with Crippen LogP contribution in [0.4, 0.5) is 11.5 Å². The van der Waals surface area contributed by atoms with Crippen molar-refractivity contribution in [1.82, 2.24) is 10.2 Å². The zero-order valence-electron chi connectivity index (χ0n) is 15.2. The highest BCUT2D eigenvalue weighted by Crippen LogP contribution is 2.32. The molecule has 1 N–H and O–H groups in total. The maximum atomic E-state index is 4.55. The average Bonchev–Trinajstić information content (AvgIpc) is 2.65. The number of benzene rings is 3. The molecule has 1 aromatic heterocycles. The standard InChI is InChI=1S/C23H21N3/c1-15-10-12-19-20(13-15)22(18-7-5-4-6-8-18)25-26-23(19)24-21-14-16(2)9-11-17(21)3/h4-14H,1-3H3,(H,24,26). The first kappa shape index (κ1) is 16.3. The van der Waals surface area contributed by atoms with Gasteiger partial charge < -0.3 is 5.32 Å². The average molecular weight is 339 g/mol. The fourth-order valence-electron chi connectivity index (χ4n) is 3.17. The van der Waals surface area contributed by atoms with Crippen molar-refractivity contribution >= 4 is 22.3 Å². The molecule has 0 aliphatic rings. The van der Waals surface area contributed by atoms with E-state index >= 15 is 0 Å². The molecular weight excluding hydrogens is 318 g/mol. The molecule has 0 saturated heterocycles. The molecule has 0 amide bonds. The van der Waals surface area contributed by atoms with E-state index < -0.39 is 0 Å². The molecule has 0 unspecified atom stereocenters. The number of anilines is 2. The van der Waals surface area contributed by atoms with Gasteiger partial charge in [0.1, 0.15) is 5.69 Å². The summed E-state index contributed by atoms with van der Waals surface area (Å²) < 4.78 is 0. The SMILES string of the molecule is Cc1ccc(C)c(Nc2nnc(-c3ccccc3)c3cc(C)ccc23)c1. The summed E-state index contributed by atoms with van der Waals surface area (Å²) in [6, 6.07) is 23.0. The number of hydrogen-bond donors (Lipinski definition) is 1. The Labute approximate surface area is 153 Å². The molecule has 0 fully saturated rings. The molecule has 128 valence electrons. The third-order valence-electron chi connectivity index (χ3n) is 4.63. The van der Waals surface area contributed by atoms with Crippen LogP contribution in [-0.2, 0) is 0 Å². The second kappa shape index (κ2) is 6.60. The van der Waals surface area contributed by atoms with Gasteiger partial charge in [0.2, 0.25) is 0 Å². The van der Waals surface area contributed by atoms with Gasteiger partial charge in [0, 0.05) is 22.0 Å². The fraction of sp³-hybridized carbons (Fsp3) is 0.130. The van der Waals surface area contributed by atoms with Gasteiger partial charge in [-0.3, -0.25) is 0 Å². The maximum absolute atomic E-state index is 4.55. The Morgan fingerprint density at radius 2 is 1.42 bits per heavy atom. The Morgan fingerprint density at radius 1 is 0.692 bits per heavy atom. The molecular formula is C23H21N3. The van der Waals surface area contributed by atoms with Crippen LogP contribution in [0.1, 0.15) is 16.7 Å². The van der Waals surface area contributed by atoms with Gasteiger partial charge in [-0.1, -0.05) is 60.2 Å². The quantitative estimate of drug-likeness (QED) is 0.500. The number of nitrogens with zero attached hydrogens (tertiary/aromatic N) is 2. The molecule has 3 nitrogen and oxygen atoms in total. The third-order valence-corrected chi connectivity index (χ3v) is 4.63. The molecule has 1 heterocycles. The maximum Gasteiger partial charge on any atom is 0.161 e. The van der Waals surface area contributed by atoms with Crippen LogP contribution in [0, 0.1) is 20.8 Å². The third kappa shape index (κ3) is 3.04. The molecule has 0 aliphatic carbocycles. The minimum atomic E-state index is 0.786. The molecule has 4 aromatic rings. The van der Waals surface area contributed by atoms with Gasteiger partial charge in [0.05, 0.1) is 0 Å². The predicted molar refractivity (Wildman–Crippen MR) is 109 cm³/mol. The van der Waals surface area contributed by atoms with E-state index in [-0.39, 0.29) is 0 Å². The van der Waals surface area contributed by atoms with Crippen LogP contribution in [0.3, 0.4) is 0 Å². The number of rotatable bonds is 3. The van der Waals surface area contributed by atoms with Gasteiger partial charge in [-0.05, 0) is 44.0 Å². The number of aromatic nitrogens is 2. The molecule has 3 heteroatoms. The second-order valence-corrected chi connectivity index (χ2v) is 6.76. The predicted octanol–water partition coefficient (Wildman–Crippen LogP) is 5.97. The number of fused-ring (bicyclic) bond motifs is 1. The normalized spacial score (nSPS) is 10.9. The molecule has 0 radical (unpaired) electrons. The Hall–Kier alpha value is -3.20. The zero-order valence-corrected chi connectivity index (χ0v) is 15.2. The molecule has 0 aliphatic heterocycles. The lowest BCUT2D eigenvalue weighted by atomic mass is 10.0. The lowest BCUT2D eigenvalue weighted by Crippen LogP contribution is -2.01. The lowest BCUT2D eigenvalue weighted by molar-refractivity contribution is 1.06. The van der Waals surface area contributed by atoms with E-state index in [9.17, 15) is 0 Å². The molecule has 0 atom stereocenters. The van der Waals surface area contributed by atoms with Crippen LogP contribution >= 0.6 is 0 Å². The van der Waals surface area contributed by atoms with E-state index in [0.717, 1.165) is 33.5 Å². The topological polar surface area (TPSA) is 37.8 Å². The van der Waals surface area contributed by atoms with Gasteiger partial charge in [0.25, 0.3) is 0 Å². The van der Waals surface area contributed by atoms with Crippen molar-refractivity contribution in [2.45, 2.75) is 20.8 Å².